The zero-order valence-corrected chi connectivity index (χ0v) is 41.6. The van der Waals surface area contributed by atoms with Crippen molar-refractivity contribution in [3.05, 3.63) is 144 Å². The van der Waals surface area contributed by atoms with Crippen LogP contribution in [0, 0.1) is 0 Å². The maximum absolute atomic E-state index is 6.82. The first kappa shape index (κ1) is 50.6. The number of rotatable bonds is 3. The normalized spacial score (nSPS) is 20.9. The lowest BCUT2D eigenvalue weighted by molar-refractivity contribution is 0.00206. The Hall–Kier alpha value is -5.32. The van der Waals surface area contributed by atoms with Crippen LogP contribution in [0.3, 0.4) is 0 Å². The number of nitrogens with zero attached hydrogens (tertiary/aromatic N) is 4. The number of benzene rings is 6. The summed E-state index contributed by atoms with van der Waals surface area (Å²) >= 11 is 0. The van der Waals surface area contributed by atoms with Gasteiger partial charge in [-0.15, -0.1) is 0 Å². The summed E-state index contributed by atoms with van der Waals surface area (Å²) in [5.74, 6) is 2.76. The molecule has 13 nitrogen and oxygen atoms in total. The lowest BCUT2D eigenvalue weighted by atomic mass is 9.93. The van der Waals surface area contributed by atoms with Crippen molar-refractivity contribution in [2.24, 2.45) is 0 Å². The Kier molecular flexibility index (Phi) is 19.6. The lowest BCUT2D eigenvalue weighted by Gasteiger charge is -2.33. The standard InChI is InChI=1S/C58H74N6O7/c1-8-18-55-47(11-1)43-59-21-23-61-24-22-60-44-48-12-2-9-19-56(48)70-35-30-62(29-34-69-55)31-36-71-57-20-10-3-13-49(57)45-64(26-25-61)58-52-16-6-4-14-50(52)54(51-15-5-7-17-53(51)58)46-63-27-32-65-37-39-67-41-42-68-40-38-66-33-28-63/h1-20,59-60H,21-46H2. The molecule has 4 heterocycles. The third-order valence-electron chi connectivity index (χ3n) is 13.7. The van der Waals surface area contributed by atoms with Gasteiger partial charge in [-0.25, -0.2) is 0 Å². The first-order valence-corrected chi connectivity index (χ1v) is 26.0. The van der Waals surface area contributed by atoms with Gasteiger partial charge in [-0.05, 0) is 34.5 Å². The summed E-state index contributed by atoms with van der Waals surface area (Å²) in [7, 11) is 0. The molecule has 1 saturated heterocycles. The Morgan fingerprint density at radius 1 is 0.366 bits per heavy atom. The van der Waals surface area contributed by atoms with Gasteiger partial charge in [-0.2, -0.15) is 0 Å². The van der Waals surface area contributed by atoms with Gasteiger partial charge in [0.2, 0.25) is 0 Å². The molecular formula is C58H74N6O7. The first-order chi connectivity index (χ1) is 35.3. The van der Waals surface area contributed by atoms with Crippen LogP contribution >= 0.6 is 0 Å². The maximum atomic E-state index is 6.82. The van der Waals surface area contributed by atoms with E-state index in [-0.39, 0.29) is 0 Å². The number of hydrogen-bond acceptors (Lipinski definition) is 13. The average Bonchev–Trinajstić information content (AvgIpc) is 3.41. The topological polar surface area (TPSA) is 102 Å². The van der Waals surface area contributed by atoms with Crippen LogP contribution in [-0.2, 0) is 45.1 Å². The fraction of sp³-hybridized carbons (Fsp3) is 0.448. The van der Waals surface area contributed by atoms with Crippen molar-refractivity contribution in [1.29, 1.82) is 0 Å². The summed E-state index contributed by atoms with van der Waals surface area (Å²) in [6, 6.07) is 43.5. The van der Waals surface area contributed by atoms with Crippen LogP contribution < -0.4 is 29.7 Å². The molecule has 0 atom stereocenters. The van der Waals surface area contributed by atoms with Crippen molar-refractivity contribution in [2.75, 3.05) is 150 Å². The van der Waals surface area contributed by atoms with E-state index >= 15 is 0 Å². The Morgan fingerprint density at radius 2 is 0.775 bits per heavy atom. The van der Waals surface area contributed by atoms with Gasteiger partial charge < -0.3 is 48.7 Å². The molecule has 4 aliphatic rings. The zero-order chi connectivity index (χ0) is 48.1. The average molecular weight is 967 g/mol. The van der Waals surface area contributed by atoms with E-state index in [0.717, 1.165) is 114 Å². The Morgan fingerprint density at radius 3 is 1.28 bits per heavy atom. The van der Waals surface area contributed by atoms with Gasteiger partial charge in [0.15, 0.2) is 0 Å². The van der Waals surface area contributed by atoms with E-state index in [4.69, 9.17) is 33.2 Å². The van der Waals surface area contributed by atoms with Crippen LogP contribution in [0.1, 0.15) is 22.3 Å². The molecule has 2 bridgehead atoms. The molecule has 378 valence electrons. The van der Waals surface area contributed by atoms with Gasteiger partial charge in [-0.1, -0.05) is 103 Å². The molecule has 0 aliphatic carbocycles. The highest BCUT2D eigenvalue weighted by Gasteiger charge is 2.23. The summed E-state index contributed by atoms with van der Waals surface area (Å²) in [6.45, 7) is 18.0. The first-order valence-electron chi connectivity index (χ1n) is 26.0. The van der Waals surface area contributed by atoms with E-state index in [0.29, 0.717) is 79.2 Å². The fourth-order valence-electron chi connectivity index (χ4n) is 9.89. The number of anilines is 1. The molecule has 1 fully saturated rings. The molecule has 6 aromatic rings. The Balaban J connectivity index is 1.07. The van der Waals surface area contributed by atoms with Gasteiger partial charge in [0.05, 0.1) is 58.5 Å². The molecular weight excluding hydrogens is 893 g/mol. The van der Waals surface area contributed by atoms with Crippen molar-refractivity contribution in [1.82, 2.24) is 25.3 Å². The summed E-state index contributed by atoms with van der Waals surface area (Å²) < 4.78 is 43.4. The van der Waals surface area contributed by atoms with E-state index in [9.17, 15) is 0 Å². The van der Waals surface area contributed by atoms with Gasteiger partial charge in [0, 0.05) is 126 Å². The number of nitrogens with one attached hydrogen (secondary N) is 2. The van der Waals surface area contributed by atoms with Crippen LogP contribution in [0.25, 0.3) is 21.5 Å². The highest BCUT2D eigenvalue weighted by Crippen LogP contribution is 2.40. The third kappa shape index (κ3) is 14.7. The highest BCUT2D eigenvalue weighted by molar-refractivity contribution is 6.14. The van der Waals surface area contributed by atoms with Gasteiger partial charge in [0.1, 0.15) is 37.1 Å². The number of ether oxygens (including phenoxy) is 7. The molecule has 0 amide bonds. The second kappa shape index (κ2) is 27.5. The van der Waals surface area contributed by atoms with E-state index in [1.807, 2.05) is 0 Å². The molecule has 0 saturated carbocycles. The molecule has 0 unspecified atom stereocenters. The predicted molar refractivity (Wildman–Crippen MR) is 283 cm³/mol. The van der Waals surface area contributed by atoms with Crippen molar-refractivity contribution in [2.45, 2.75) is 26.2 Å². The molecule has 0 radical (unpaired) electrons. The van der Waals surface area contributed by atoms with Crippen molar-refractivity contribution >= 4 is 27.2 Å². The van der Waals surface area contributed by atoms with Crippen molar-refractivity contribution in [3.8, 4) is 17.2 Å². The highest BCUT2D eigenvalue weighted by atomic mass is 16.6. The zero-order valence-electron chi connectivity index (χ0n) is 41.6. The van der Waals surface area contributed by atoms with E-state index in [1.165, 1.54) is 43.9 Å². The smallest absolute Gasteiger partial charge is 0.124 e. The Bertz CT molecular complexity index is 2410. The molecule has 13 heteroatoms. The molecule has 0 aromatic heterocycles. The SMILES string of the molecule is c1ccc2c(c1)CNCCN1CCNCc3ccccc3OCCN(CCO2)CCOc2ccccc2CN(c2c3ccccc3c(CN3CCOCCOCCOCCOCC3)c3ccccc23)CC1. The van der Waals surface area contributed by atoms with Crippen molar-refractivity contribution in [3.63, 3.8) is 0 Å². The second-order valence-electron chi connectivity index (χ2n) is 18.5. The predicted octanol–water partition coefficient (Wildman–Crippen LogP) is 7.23. The maximum Gasteiger partial charge on any atom is 0.124 e. The van der Waals surface area contributed by atoms with Crippen LogP contribution in [0.5, 0.6) is 17.2 Å². The number of fused-ring (bicyclic) bond motifs is 17. The molecule has 10 rings (SSSR count). The second-order valence-corrected chi connectivity index (χ2v) is 18.5. The minimum Gasteiger partial charge on any atom is -0.492 e. The van der Waals surface area contributed by atoms with E-state index < -0.39 is 0 Å². The Labute approximate surface area is 420 Å². The van der Waals surface area contributed by atoms with Crippen LogP contribution in [0.2, 0.25) is 0 Å². The molecule has 71 heavy (non-hydrogen) atoms. The monoisotopic (exact) mass is 967 g/mol. The largest absolute Gasteiger partial charge is 0.492 e. The van der Waals surface area contributed by atoms with Gasteiger partial charge >= 0.3 is 0 Å². The summed E-state index contributed by atoms with van der Waals surface area (Å²) in [5.41, 5.74) is 6.06. The lowest BCUT2D eigenvalue weighted by Crippen LogP contribution is -2.41. The van der Waals surface area contributed by atoms with E-state index in [2.05, 4.69) is 152 Å². The summed E-state index contributed by atoms with van der Waals surface area (Å²) in [4.78, 5) is 10.1. The van der Waals surface area contributed by atoms with E-state index in [1.54, 1.807) is 0 Å². The summed E-state index contributed by atoms with van der Waals surface area (Å²) in [5, 5.41) is 12.6. The quantitative estimate of drug-likeness (QED) is 0.175. The van der Waals surface area contributed by atoms with Gasteiger partial charge in [0.25, 0.3) is 0 Å². The van der Waals surface area contributed by atoms with Crippen LogP contribution in [0.4, 0.5) is 5.69 Å². The third-order valence-corrected chi connectivity index (χ3v) is 13.7. The number of hydrogen-bond donors (Lipinski definition) is 2. The molecule has 6 aromatic carbocycles. The minimum absolute atomic E-state index is 0.528. The molecule has 4 aliphatic heterocycles. The minimum atomic E-state index is 0.528. The number of para-hydroxylation sites is 3. The van der Waals surface area contributed by atoms with Crippen LogP contribution in [-0.4, -0.2) is 159 Å². The van der Waals surface area contributed by atoms with Crippen LogP contribution in [0.15, 0.2) is 121 Å². The summed E-state index contributed by atoms with van der Waals surface area (Å²) in [6.07, 6.45) is 0. The van der Waals surface area contributed by atoms with Gasteiger partial charge in [-0.3, -0.25) is 14.7 Å². The molecule has 0 spiro atoms. The fourth-order valence-corrected chi connectivity index (χ4v) is 9.89. The molecule has 2 N–H and O–H groups in total. The van der Waals surface area contributed by atoms with Crippen molar-refractivity contribution < 1.29 is 33.2 Å².